The van der Waals surface area contributed by atoms with Gasteiger partial charge in [-0.15, -0.1) is 0 Å². The molecule has 2 heterocycles. The molecule has 2 aliphatic heterocycles. The highest BCUT2D eigenvalue weighted by Crippen LogP contribution is 2.40. The number of nitrogens with zero attached hydrogens (tertiary/aromatic N) is 2. The van der Waals surface area contributed by atoms with Gasteiger partial charge >= 0.3 is 6.09 Å². The lowest BCUT2D eigenvalue weighted by atomic mass is 9.94. The minimum Gasteiger partial charge on any atom is -0.444 e. The van der Waals surface area contributed by atoms with Crippen LogP contribution in [0, 0.1) is 5.92 Å². The molecule has 3 rings (SSSR count). The summed E-state index contributed by atoms with van der Waals surface area (Å²) in [5, 5.41) is 0. The number of carbonyl (C=O) groups is 2. The average Bonchev–Trinajstić information content (AvgIpc) is 2.80. The van der Waals surface area contributed by atoms with E-state index in [1.54, 1.807) is 9.80 Å². The van der Waals surface area contributed by atoms with Crippen LogP contribution in [-0.4, -0.2) is 39.6 Å². The van der Waals surface area contributed by atoms with E-state index in [2.05, 4.69) is 6.58 Å². The van der Waals surface area contributed by atoms with Crippen LogP contribution in [0.4, 0.5) is 4.79 Å². The Labute approximate surface area is 149 Å². The molecule has 0 aromatic heterocycles. The molecule has 1 fully saturated rings. The first kappa shape index (κ1) is 17.5. The lowest BCUT2D eigenvalue weighted by Crippen LogP contribution is -2.49. The zero-order valence-corrected chi connectivity index (χ0v) is 15.6. The van der Waals surface area contributed by atoms with E-state index in [9.17, 15) is 9.59 Å². The van der Waals surface area contributed by atoms with E-state index < -0.39 is 23.9 Å². The largest absolute Gasteiger partial charge is 0.444 e. The van der Waals surface area contributed by atoms with Crippen molar-refractivity contribution < 1.29 is 14.3 Å². The molecular weight excluding hydrogens is 316 g/mol. The van der Waals surface area contributed by atoms with Gasteiger partial charge in [0.15, 0.2) is 0 Å². The SMILES string of the molecule is C=C1c2ccccc2CN2C(=O)[C@H](C(C)C)N(C(=O)OC(C)(C)C)[C@@H]12. The van der Waals surface area contributed by atoms with E-state index in [-0.39, 0.29) is 11.8 Å². The number of carbonyl (C=O) groups excluding carboxylic acids is 2. The maximum absolute atomic E-state index is 13.1. The van der Waals surface area contributed by atoms with Gasteiger partial charge in [-0.3, -0.25) is 9.69 Å². The van der Waals surface area contributed by atoms with Crippen molar-refractivity contribution in [3.8, 4) is 0 Å². The first-order chi connectivity index (χ1) is 11.6. The average molecular weight is 342 g/mol. The van der Waals surface area contributed by atoms with Crippen molar-refractivity contribution in [2.24, 2.45) is 5.92 Å². The van der Waals surface area contributed by atoms with Crippen molar-refractivity contribution in [3.63, 3.8) is 0 Å². The second-order valence-corrected chi connectivity index (χ2v) is 8.10. The van der Waals surface area contributed by atoms with Crippen LogP contribution in [0.1, 0.15) is 45.7 Å². The van der Waals surface area contributed by atoms with Crippen LogP contribution >= 0.6 is 0 Å². The summed E-state index contributed by atoms with van der Waals surface area (Å²) >= 11 is 0. The van der Waals surface area contributed by atoms with Crippen LogP contribution in [-0.2, 0) is 16.1 Å². The number of hydrogen-bond donors (Lipinski definition) is 0. The van der Waals surface area contributed by atoms with Gasteiger partial charge < -0.3 is 9.64 Å². The molecule has 5 nitrogen and oxygen atoms in total. The lowest BCUT2D eigenvalue weighted by Gasteiger charge is -2.38. The molecule has 5 heteroatoms. The predicted molar refractivity (Wildman–Crippen MR) is 96.5 cm³/mol. The van der Waals surface area contributed by atoms with Crippen molar-refractivity contribution in [3.05, 3.63) is 42.0 Å². The molecule has 1 aromatic rings. The molecule has 25 heavy (non-hydrogen) atoms. The molecule has 1 saturated heterocycles. The van der Waals surface area contributed by atoms with Gasteiger partial charge in [0.25, 0.3) is 0 Å². The minimum absolute atomic E-state index is 0.0125. The summed E-state index contributed by atoms with van der Waals surface area (Å²) in [7, 11) is 0. The molecule has 0 aliphatic carbocycles. The van der Waals surface area contributed by atoms with Gasteiger partial charge in [-0.25, -0.2) is 4.79 Å². The molecule has 0 saturated carbocycles. The van der Waals surface area contributed by atoms with Gasteiger partial charge in [0.1, 0.15) is 17.8 Å². The Kier molecular flexibility index (Phi) is 4.13. The molecule has 2 amide bonds. The number of fused-ring (bicyclic) bond motifs is 2. The third-order valence-corrected chi connectivity index (χ3v) is 4.65. The quantitative estimate of drug-likeness (QED) is 0.783. The first-order valence-corrected chi connectivity index (χ1v) is 8.70. The number of rotatable bonds is 1. The Hall–Kier alpha value is -2.30. The summed E-state index contributed by atoms with van der Waals surface area (Å²) in [6, 6.07) is 7.37. The fourth-order valence-corrected chi connectivity index (χ4v) is 3.66. The summed E-state index contributed by atoms with van der Waals surface area (Å²) in [6.45, 7) is 14.1. The summed E-state index contributed by atoms with van der Waals surface area (Å²) in [6.07, 6.45) is -0.947. The Balaban J connectivity index is 2.05. The van der Waals surface area contributed by atoms with Crippen LogP contribution in [0.2, 0.25) is 0 Å². The monoisotopic (exact) mass is 342 g/mol. The summed E-state index contributed by atoms with van der Waals surface area (Å²) in [4.78, 5) is 29.3. The molecule has 0 N–H and O–H groups in total. The molecule has 1 aromatic carbocycles. The van der Waals surface area contributed by atoms with E-state index in [0.717, 1.165) is 16.7 Å². The van der Waals surface area contributed by atoms with Gasteiger partial charge in [-0.2, -0.15) is 0 Å². The van der Waals surface area contributed by atoms with Crippen molar-refractivity contribution in [1.29, 1.82) is 0 Å². The molecule has 0 unspecified atom stereocenters. The standard InChI is InChI=1S/C20H26N2O3/c1-12(2)16-18(23)21-11-14-9-7-8-10-15(14)13(3)17(21)22(16)19(24)25-20(4,5)6/h7-10,12,16-17H,3,11H2,1-2,4-6H3/t16-,17-/m0/s1. The van der Waals surface area contributed by atoms with Crippen molar-refractivity contribution in [1.82, 2.24) is 9.80 Å². The zero-order valence-electron chi connectivity index (χ0n) is 15.6. The van der Waals surface area contributed by atoms with Gasteiger partial charge in [-0.1, -0.05) is 44.7 Å². The predicted octanol–water partition coefficient (Wildman–Crippen LogP) is 3.64. The van der Waals surface area contributed by atoms with Crippen molar-refractivity contribution in [2.75, 3.05) is 0 Å². The third kappa shape index (κ3) is 2.92. The van der Waals surface area contributed by atoms with E-state index in [4.69, 9.17) is 4.74 Å². The molecule has 134 valence electrons. The van der Waals surface area contributed by atoms with Crippen molar-refractivity contribution >= 4 is 17.6 Å². The molecular formula is C20H26N2O3. The highest BCUT2D eigenvalue weighted by Gasteiger charge is 2.53. The highest BCUT2D eigenvalue weighted by atomic mass is 16.6. The van der Waals surface area contributed by atoms with Gasteiger partial charge in [0, 0.05) is 6.54 Å². The molecule has 0 bridgehead atoms. The van der Waals surface area contributed by atoms with Crippen LogP contribution in [0.3, 0.4) is 0 Å². The fourth-order valence-electron chi connectivity index (χ4n) is 3.66. The maximum atomic E-state index is 13.1. The lowest BCUT2D eigenvalue weighted by molar-refractivity contribution is -0.131. The van der Waals surface area contributed by atoms with Gasteiger partial charge in [0.2, 0.25) is 5.91 Å². The summed E-state index contributed by atoms with van der Waals surface area (Å²) in [5.74, 6) is -0.0527. The van der Waals surface area contributed by atoms with Crippen LogP contribution in [0.15, 0.2) is 30.8 Å². The van der Waals surface area contributed by atoms with E-state index in [1.165, 1.54) is 0 Å². The normalized spacial score (nSPS) is 23.0. The summed E-state index contributed by atoms with van der Waals surface area (Å²) < 4.78 is 5.60. The topological polar surface area (TPSA) is 49.9 Å². The fraction of sp³-hybridized carbons (Fsp3) is 0.500. The first-order valence-electron chi connectivity index (χ1n) is 8.70. The second kappa shape index (κ2) is 5.90. The number of ether oxygens (including phenoxy) is 1. The van der Waals surface area contributed by atoms with Crippen molar-refractivity contribution in [2.45, 2.75) is 59.0 Å². The molecule has 0 spiro atoms. The van der Waals surface area contributed by atoms with Crippen LogP contribution < -0.4 is 0 Å². The molecule has 2 atom stereocenters. The maximum Gasteiger partial charge on any atom is 0.412 e. The molecule has 2 aliphatic rings. The highest BCUT2D eigenvalue weighted by molar-refractivity contribution is 5.94. The van der Waals surface area contributed by atoms with Gasteiger partial charge in [0.05, 0.1) is 0 Å². The van der Waals surface area contributed by atoms with Gasteiger partial charge in [-0.05, 0) is 43.4 Å². The Morgan fingerprint density at radius 3 is 2.52 bits per heavy atom. The smallest absolute Gasteiger partial charge is 0.412 e. The Morgan fingerprint density at radius 1 is 1.28 bits per heavy atom. The Bertz CT molecular complexity index is 733. The van der Waals surface area contributed by atoms with E-state index in [0.29, 0.717) is 6.54 Å². The van der Waals surface area contributed by atoms with E-state index >= 15 is 0 Å². The Morgan fingerprint density at radius 2 is 1.92 bits per heavy atom. The van der Waals surface area contributed by atoms with E-state index in [1.807, 2.05) is 58.9 Å². The summed E-state index contributed by atoms with van der Waals surface area (Å²) in [5.41, 5.74) is 2.22. The molecule has 0 radical (unpaired) electrons. The van der Waals surface area contributed by atoms with Crippen LogP contribution in [0.5, 0.6) is 0 Å². The van der Waals surface area contributed by atoms with Crippen LogP contribution in [0.25, 0.3) is 5.57 Å². The second-order valence-electron chi connectivity index (χ2n) is 8.10. The zero-order chi connectivity index (χ0) is 18.5. The number of amides is 2. The minimum atomic E-state index is -0.622. The third-order valence-electron chi connectivity index (χ3n) is 4.65. The number of benzene rings is 1. The number of hydrogen-bond acceptors (Lipinski definition) is 3.